The Bertz CT molecular complexity index is 648. The topological polar surface area (TPSA) is 58.4 Å². The molecule has 116 valence electrons. The van der Waals surface area contributed by atoms with Gasteiger partial charge in [-0.05, 0) is 37.1 Å². The second-order valence-corrected chi connectivity index (χ2v) is 5.97. The molecule has 1 fully saturated rings. The molecule has 0 bridgehead atoms. The summed E-state index contributed by atoms with van der Waals surface area (Å²) in [5.74, 6) is 0.761. The number of hydrogen-bond acceptors (Lipinski definition) is 3. The van der Waals surface area contributed by atoms with Crippen molar-refractivity contribution in [1.29, 1.82) is 0 Å². The zero-order valence-electron chi connectivity index (χ0n) is 12.8. The minimum Gasteiger partial charge on any atom is -0.478 e. The molecule has 1 N–H and O–H groups in total. The highest BCUT2D eigenvalue weighted by Gasteiger charge is 2.24. The Morgan fingerprint density at radius 2 is 2.14 bits per heavy atom. The lowest BCUT2D eigenvalue weighted by Gasteiger charge is -2.32. The number of nitrogens with zero attached hydrogens (tertiary/aromatic N) is 3. The van der Waals surface area contributed by atoms with Gasteiger partial charge in [0, 0.05) is 38.4 Å². The van der Waals surface area contributed by atoms with Gasteiger partial charge < -0.3 is 9.67 Å². The third-order valence-corrected chi connectivity index (χ3v) is 4.34. The van der Waals surface area contributed by atoms with E-state index in [1.165, 1.54) is 12.8 Å². The molecule has 1 aliphatic heterocycles. The van der Waals surface area contributed by atoms with E-state index in [0.717, 1.165) is 31.0 Å². The van der Waals surface area contributed by atoms with Gasteiger partial charge in [0.1, 0.15) is 5.82 Å². The third-order valence-electron chi connectivity index (χ3n) is 4.34. The van der Waals surface area contributed by atoms with Crippen LogP contribution in [-0.4, -0.2) is 38.6 Å². The highest BCUT2D eigenvalue weighted by atomic mass is 16.4. The van der Waals surface area contributed by atoms with E-state index in [0.29, 0.717) is 11.5 Å². The summed E-state index contributed by atoms with van der Waals surface area (Å²) in [6.45, 7) is 2.95. The van der Waals surface area contributed by atoms with E-state index in [1.54, 1.807) is 12.1 Å². The van der Waals surface area contributed by atoms with Crippen LogP contribution in [0.2, 0.25) is 0 Å². The largest absolute Gasteiger partial charge is 0.478 e. The predicted molar refractivity (Wildman–Crippen MR) is 83.9 cm³/mol. The fraction of sp³-hybridized carbons (Fsp3) is 0.412. The minimum absolute atomic E-state index is 0.341. The molecule has 1 aromatic heterocycles. The summed E-state index contributed by atoms with van der Waals surface area (Å²) >= 11 is 0. The third kappa shape index (κ3) is 3.20. The van der Waals surface area contributed by atoms with E-state index in [1.807, 2.05) is 31.6 Å². The molecule has 1 saturated heterocycles. The van der Waals surface area contributed by atoms with Crippen LogP contribution in [0.4, 0.5) is 0 Å². The average molecular weight is 299 g/mol. The summed E-state index contributed by atoms with van der Waals surface area (Å²) in [6, 6.07) is 7.18. The summed E-state index contributed by atoms with van der Waals surface area (Å²) in [5.41, 5.74) is 1.50. The number of likely N-dealkylation sites (tertiary alicyclic amines) is 1. The highest BCUT2D eigenvalue weighted by Crippen LogP contribution is 2.26. The normalized spacial score (nSPS) is 19.2. The van der Waals surface area contributed by atoms with Crippen LogP contribution in [0.15, 0.2) is 36.7 Å². The number of imidazole rings is 1. The van der Waals surface area contributed by atoms with Crippen molar-refractivity contribution in [3.63, 3.8) is 0 Å². The standard InChI is InChI=1S/C17H21N3O2/c1-19-10-8-18-16(19)15-3-2-9-20(12-15)11-13-4-6-14(7-5-13)17(21)22/h4-8,10,15H,2-3,9,11-12H2,1H3,(H,21,22)/t15-/m0/s1. The van der Waals surface area contributed by atoms with Crippen molar-refractivity contribution in [2.45, 2.75) is 25.3 Å². The van der Waals surface area contributed by atoms with Crippen molar-refractivity contribution in [2.75, 3.05) is 13.1 Å². The summed E-state index contributed by atoms with van der Waals surface area (Å²) in [7, 11) is 2.05. The molecule has 3 rings (SSSR count). The van der Waals surface area contributed by atoms with E-state index in [2.05, 4.69) is 14.5 Å². The molecule has 1 atom stereocenters. The predicted octanol–water partition coefficient (Wildman–Crippen LogP) is 2.50. The van der Waals surface area contributed by atoms with Crippen LogP contribution in [0.5, 0.6) is 0 Å². The van der Waals surface area contributed by atoms with Gasteiger partial charge in [-0.3, -0.25) is 4.90 Å². The summed E-state index contributed by atoms with van der Waals surface area (Å²) in [6.07, 6.45) is 6.21. The van der Waals surface area contributed by atoms with Gasteiger partial charge in [-0.2, -0.15) is 0 Å². The molecule has 0 aliphatic carbocycles. The number of aromatic carboxylic acids is 1. The molecule has 0 amide bonds. The number of carbonyl (C=O) groups is 1. The van der Waals surface area contributed by atoms with E-state index in [9.17, 15) is 4.79 Å². The number of piperidine rings is 1. The Balaban J connectivity index is 1.65. The van der Waals surface area contributed by atoms with E-state index >= 15 is 0 Å². The first-order chi connectivity index (χ1) is 10.6. The smallest absolute Gasteiger partial charge is 0.335 e. The van der Waals surface area contributed by atoms with Crippen molar-refractivity contribution in [1.82, 2.24) is 14.5 Å². The van der Waals surface area contributed by atoms with Crippen LogP contribution in [0, 0.1) is 0 Å². The Morgan fingerprint density at radius 3 is 2.77 bits per heavy atom. The lowest BCUT2D eigenvalue weighted by Crippen LogP contribution is -2.34. The molecule has 0 spiro atoms. The van der Waals surface area contributed by atoms with Gasteiger partial charge in [0.2, 0.25) is 0 Å². The minimum atomic E-state index is -0.876. The summed E-state index contributed by atoms with van der Waals surface area (Å²) < 4.78 is 2.11. The Hall–Kier alpha value is -2.14. The Kier molecular flexibility index (Phi) is 4.24. The number of rotatable bonds is 4. The molecule has 0 radical (unpaired) electrons. The van der Waals surface area contributed by atoms with E-state index in [4.69, 9.17) is 5.11 Å². The van der Waals surface area contributed by atoms with Gasteiger partial charge in [0.25, 0.3) is 0 Å². The molecule has 2 heterocycles. The Morgan fingerprint density at radius 1 is 1.36 bits per heavy atom. The molecule has 22 heavy (non-hydrogen) atoms. The SMILES string of the molecule is Cn1ccnc1[C@H]1CCCN(Cc2ccc(C(=O)O)cc2)C1. The number of carboxylic acid groups (broad SMARTS) is 1. The first-order valence-corrected chi connectivity index (χ1v) is 7.65. The van der Waals surface area contributed by atoms with Gasteiger partial charge in [0.15, 0.2) is 0 Å². The molecule has 5 nitrogen and oxygen atoms in total. The van der Waals surface area contributed by atoms with Gasteiger partial charge in [0.05, 0.1) is 5.56 Å². The number of hydrogen-bond donors (Lipinski definition) is 1. The average Bonchev–Trinajstić information content (AvgIpc) is 2.94. The van der Waals surface area contributed by atoms with E-state index in [-0.39, 0.29) is 0 Å². The fourth-order valence-corrected chi connectivity index (χ4v) is 3.19. The van der Waals surface area contributed by atoms with Crippen LogP contribution in [0.1, 0.15) is 40.5 Å². The number of carboxylic acids is 1. The summed E-state index contributed by atoms with van der Waals surface area (Å²) in [5, 5.41) is 8.94. The first-order valence-electron chi connectivity index (χ1n) is 7.65. The number of benzene rings is 1. The quantitative estimate of drug-likeness (QED) is 0.942. The van der Waals surface area contributed by atoms with Crippen molar-refractivity contribution >= 4 is 5.97 Å². The first kappa shape index (κ1) is 14.8. The second kappa shape index (κ2) is 6.32. The molecule has 0 unspecified atom stereocenters. The van der Waals surface area contributed by atoms with E-state index < -0.39 is 5.97 Å². The van der Waals surface area contributed by atoms with Gasteiger partial charge in [-0.25, -0.2) is 9.78 Å². The maximum Gasteiger partial charge on any atom is 0.335 e. The zero-order valence-corrected chi connectivity index (χ0v) is 12.8. The number of aromatic nitrogens is 2. The molecule has 5 heteroatoms. The van der Waals surface area contributed by atoms with Crippen LogP contribution in [0.25, 0.3) is 0 Å². The molecule has 2 aromatic rings. The maximum atomic E-state index is 10.9. The fourth-order valence-electron chi connectivity index (χ4n) is 3.19. The summed E-state index contributed by atoms with van der Waals surface area (Å²) in [4.78, 5) is 17.8. The molecule has 1 aliphatic rings. The molecule has 1 aromatic carbocycles. The van der Waals surface area contributed by atoms with Crippen molar-refractivity contribution in [3.8, 4) is 0 Å². The van der Waals surface area contributed by atoms with Crippen molar-refractivity contribution in [3.05, 3.63) is 53.6 Å². The lowest BCUT2D eigenvalue weighted by atomic mass is 9.96. The monoisotopic (exact) mass is 299 g/mol. The van der Waals surface area contributed by atoms with Crippen molar-refractivity contribution in [2.24, 2.45) is 7.05 Å². The lowest BCUT2D eigenvalue weighted by molar-refractivity contribution is 0.0697. The second-order valence-electron chi connectivity index (χ2n) is 5.97. The molecular formula is C17H21N3O2. The van der Waals surface area contributed by atoms with Gasteiger partial charge in [-0.1, -0.05) is 12.1 Å². The van der Waals surface area contributed by atoms with Crippen molar-refractivity contribution < 1.29 is 9.90 Å². The van der Waals surface area contributed by atoms with Crippen LogP contribution in [0.3, 0.4) is 0 Å². The molecular weight excluding hydrogens is 278 g/mol. The Labute approximate surface area is 130 Å². The maximum absolute atomic E-state index is 10.9. The number of aryl methyl sites for hydroxylation is 1. The van der Waals surface area contributed by atoms with Crippen LogP contribution in [-0.2, 0) is 13.6 Å². The van der Waals surface area contributed by atoms with Gasteiger partial charge in [-0.15, -0.1) is 0 Å². The van der Waals surface area contributed by atoms with Crippen LogP contribution >= 0.6 is 0 Å². The highest BCUT2D eigenvalue weighted by molar-refractivity contribution is 5.87. The van der Waals surface area contributed by atoms with Gasteiger partial charge >= 0.3 is 5.97 Å². The van der Waals surface area contributed by atoms with Crippen LogP contribution < -0.4 is 0 Å². The zero-order chi connectivity index (χ0) is 15.5. The molecule has 0 saturated carbocycles.